The quantitative estimate of drug-likeness (QED) is 0.0261. The number of ether oxygens (including phenoxy) is 3. The molecule has 0 saturated carbocycles. The van der Waals surface area contributed by atoms with Crippen molar-refractivity contribution in [1.29, 1.82) is 0 Å². The summed E-state index contributed by atoms with van der Waals surface area (Å²) in [6, 6.07) is 0. The minimum absolute atomic E-state index is 0.0763. The van der Waals surface area contributed by atoms with Crippen molar-refractivity contribution in [2.45, 2.75) is 374 Å². The number of rotatable bonds is 62. The fourth-order valence-electron chi connectivity index (χ4n) is 10.1. The zero-order chi connectivity index (χ0) is 54.3. The van der Waals surface area contributed by atoms with Gasteiger partial charge in [-0.1, -0.05) is 308 Å². The van der Waals surface area contributed by atoms with Gasteiger partial charge in [-0.15, -0.1) is 0 Å². The van der Waals surface area contributed by atoms with E-state index < -0.39 is 6.10 Å². The first-order valence-corrected chi connectivity index (χ1v) is 33.5. The van der Waals surface area contributed by atoms with Gasteiger partial charge in [-0.25, -0.2) is 0 Å². The second-order valence-corrected chi connectivity index (χ2v) is 22.7. The Hall–Kier alpha value is -2.37. The number of unbranched alkanes of at least 4 members (excludes halogenated alkanes) is 45. The average Bonchev–Trinajstić information content (AvgIpc) is 3.41. The molecule has 0 fully saturated rings. The SMILES string of the molecule is CCCCCC/C=C\C/C=C\CCCCCCCC(=O)OC(COC(=O)CCCCCCC/C=C\CCCCCCCCC)COC(=O)CCCCCCCCCCCCCCCCCCCCCCCCCCC. The van der Waals surface area contributed by atoms with Gasteiger partial charge in [-0.05, 0) is 77.0 Å². The minimum Gasteiger partial charge on any atom is -0.462 e. The van der Waals surface area contributed by atoms with Crippen molar-refractivity contribution in [3.63, 3.8) is 0 Å². The van der Waals surface area contributed by atoms with Gasteiger partial charge >= 0.3 is 17.9 Å². The monoisotopic (exact) mass is 1050 g/mol. The highest BCUT2D eigenvalue weighted by atomic mass is 16.6. The van der Waals surface area contributed by atoms with Gasteiger partial charge in [0.15, 0.2) is 6.10 Å². The first kappa shape index (κ1) is 72.6. The predicted molar refractivity (Wildman–Crippen MR) is 326 cm³/mol. The van der Waals surface area contributed by atoms with Crippen molar-refractivity contribution < 1.29 is 28.6 Å². The maximum absolute atomic E-state index is 12.9. The summed E-state index contributed by atoms with van der Waals surface area (Å²) in [6.45, 7) is 6.67. The van der Waals surface area contributed by atoms with Crippen LogP contribution in [0.4, 0.5) is 0 Å². The lowest BCUT2D eigenvalue weighted by molar-refractivity contribution is -0.167. The Kier molecular flexibility index (Phi) is 62.1. The Labute approximate surface area is 467 Å². The lowest BCUT2D eigenvalue weighted by Gasteiger charge is -2.18. The van der Waals surface area contributed by atoms with Crippen LogP contribution >= 0.6 is 0 Å². The summed E-state index contributed by atoms with van der Waals surface area (Å²) in [5, 5.41) is 0. The van der Waals surface area contributed by atoms with Gasteiger partial charge in [0.1, 0.15) is 13.2 Å². The molecule has 0 amide bonds. The summed E-state index contributed by atoms with van der Waals surface area (Å²) in [6.07, 6.45) is 78.8. The average molecular weight is 1050 g/mol. The number of esters is 3. The molecule has 0 bridgehead atoms. The molecule has 0 aromatic carbocycles. The Morgan fingerprint density at radius 2 is 0.480 bits per heavy atom. The van der Waals surface area contributed by atoms with Crippen molar-refractivity contribution in [2.75, 3.05) is 13.2 Å². The van der Waals surface area contributed by atoms with E-state index in [0.29, 0.717) is 19.3 Å². The van der Waals surface area contributed by atoms with E-state index in [1.54, 1.807) is 0 Å². The van der Waals surface area contributed by atoms with Crippen molar-refractivity contribution >= 4 is 17.9 Å². The molecule has 75 heavy (non-hydrogen) atoms. The molecule has 0 saturated heterocycles. The highest BCUT2D eigenvalue weighted by Crippen LogP contribution is 2.18. The third-order valence-corrected chi connectivity index (χ3v) is 15.1. The summed E-state index contributed by atoms with van der Waals surface area (Å²) in [5.41, 5.74) is 0. The maximum atomic E-state index is 12.9. The third kappa shape index (κ3) is 62.4. The predicted octanol–water partition coefficient (Wildman–Crippen LogP) is 22.8. The van der Waals surface area contributed by atoms with Crippen LogP contribution in [0.1, 0.15) is 367 Å². The summed E-state index contributed by atoms with van der Waals surface area (Å²) >= 11 is 0. The highest BCUT2D eigenvalue weighted by Gasteiger charge is 2.19. The van der Waals surface area contributed by atoms with Crippen LogP contribution in [0.3, 0.4) is 0 Å². The molecule has 6 nitrogen and oxygen atoms in total. The first-order valence-electron chi connectivity index (χ1n) is 33.5. The first-order chi connectivity index (χ1) is 37.0. The van der Waals surface area contributed by atoms with E-state index in [4.69, 9.17) is 14.2 Å². The van der Waals surface area contributed by atoms with Crippen LogP contribution in [0, 0.1) is 0 Å². The van der Waals surface area contributed by atoms with Gasteiger partial charge in [-0.3, -0.25) is 14.4 Å². The summed E-state index contributed by atoms with van der Waals surface area (Å²) in [5.74, 6) is -0.874. The standard InChI is InChI=1S/C69H128O6/c1-4-7-10-13-16-19-22-25-28-31-32-33-34-35-36-37-38-39-42-44-47-50-53-56-59-62-68(71)74-65-66(75-69(72)63-60-57-54-51-48-45-41-30-27-24-21-18-15-12-9-6-3)64-73-67(70)61-58-55-52-49-46-43-40-29-26-23-20-17-14-11-8-5-2/h21,24,29-30,40-41,66H,4-20,22-23,25-28,31-39,42-65H2,1-3H3/b24-21-,40-29-,41-30-. The lowest BCUT2D eigenvalue weighted by atomic mass is 10.0. The van der Waals surface area contributed by atoms with E-state index in [-0.39, 0.29) is 31.1 Å². The molecule has 440 valence electrons. The molecule has 0 aromatic heterocycles. The van der Waals surface area contributed by atoms with E-state index in [2.05, 4.69) is 57.2 Å². The molecule has 6 heteroatoms. The summed E-state index contributed by atoms with van der Waals surface area (Å²) < 4.78 is 16.9. The Morgan fingerprint density at radius 3 is 0.760 bits per heavy atom. The fourth-order valence-corrected chi connectivity index (χ4v) is 10.1. The smallest absolute Gasteiger partial charge is 0.306 e. The highest BCUT2D eigenvalue weighted by molar-refractivity contribution is 5.71. The van der Waals surface area contributed by atoms with Gasteiger partial charge in [0, 0.05) is 19.3 Å². The number of hydrogen-bond acceptors (Lipinski definition) is 6. The zero-order valence-electron chi connectivity index (χ0n) is 50.6. The van der Waals surface area contributed by atoms with Crippen molar-refractivity contribution in [1.82, 2.24) is 0 Å². The van der Waals surface area contributed by atoms with E-state index in [9.17, 15) is 14.4 Å². The van der Waals surface area contributed by atoms with Gasteiger partial charge in [0.05, 0.1) is 0 Å². The molecular formula is C69H128O6. The number of carbonyl (C=O) groups is 3. The summed E-state index contributed by atoms with van der Waals surface area (Å²) in [7, 11) is 0. The van der Waals surface area contributed by atoms with Crippen molar-refractivity contribution in [3.05, 3.63) is 36.5 Å². The molecule has 0 aliphatic heterocycles. The van der Waals surface area contributed by atoms with Gasteiger partial charge < -0.3 is 14.2 Å². The van der Waals surface area contributed by atoms with E-state index in [0.717, 1.165) is 89.9 Å². The molecule has 1 unspecified atom stereocenters. The molecule has 1 atom stereocenters. The van der Waals surface area contributed by atoms with Crippen molar-refractivity contribution in [2.24, 2.45) is 0 Å². The second kappa shape index (κ2) is 64.2. The molecule has 0 rings (SSSR count). The molecule has 0 aliphatic rings. The fraction of sp³-hybridized carbons (Fsp3) is 0.870. The number of allylic oxidation sites excluding steroid dienone is 6. The molecule has 0 radical (unpaired) electrons. The van der Waals surface area contributed by atoms with E-state index >= 15 is 0 Å². The lowest BCUT2D eigenvalue weighted by Crippen LogP contribution is -2.30. The van der Waals surface area contributed by atoms with E-state index in [1.807, 2.05) is 0 Å². The zero-order valence-corrected chi connectivity index (χ0v) is 50.6. The molecule has 0 heterocycles. The Balaban J connectivity index is 4.27. The van der Waals surface area contributed by atoms with Crippen LogP contribution in [0.25, 0.3) is 0 Å². The van der Waals surface area contributed by atoms with Crippen LogP contribution < -0.4 is 0 Å². The minimum atomic E-state index is -0.781. The molecular weight excluding hydrogens is 925 g/mol. The summed E-state index contributed by atoms with van der Waals surface area (Å²) in [4.78, 5) is 38.3. The molecule has 0 aliphatic carbocycles. The van der Waals surface area contributed by atoms with Crippen LogP contribution in [0.5, 0.6) is 0 Å². The third-order valence-electron chi connectivity index (χ3n) is 15.1. The number of hydrogen-bond donors (Lipinski definition) is 0. The van der Waals surface area contributed by atoms with Crippen LogP contribution in [0.15, 0.2) is 36.5 Å². The molecule has 0 N–H and O–H groups in total. The van der Waals surface area contributed by atoms with Gasteiger partial charge in [-0.2, -0.15) is 0 Å². The van der Waals surface area contributed by atoms with E-state index in [1.165, 1.54) is 238 Å². The Bertz CT molecular complexity index is 1250. The largest absolute Gasteiger partial charge is 0.462 e. The molecule has 0 spiro atoms. The number of carbonyl (C=O) groups excluding carboxylic acids is 3. The van der Waals surface area contributed by atoms with Gasteiger partial charge in [0.2, 0.25) is 0 Å². The van der Waals surface area contributed by atoms with Crippen LogP contribution in [-0.2, 0) is 28.6 Å². The molecule has 0 aromatic rings. The normalized spacial score (nSPS) is 12.2. The topological polar surface area (TPSA) is 78.9 Å². The maximum Gasteiger partial charge on any atom is 0.306 e. The second-order valence-electron chi connectivity index (χ2n) is 22.7. The van der Waals surface area contributed by atoms with Crippen LogP contribution in [0.2, 0.25) is 0 Å². The Morgan fingerprint density at radius 1 is 0.267 bits per heavy atom. The van der Waals surface area contributed by atoms with Crippen molar-refractivity contribution in [3.8, 4) is 0 Å². The van der Waals surface area contributed by atoms with Crippen LogP contribution in [-0.4, -0.2) is 37.2 Å². The van der Waals surface area contributed by atoms with Gasteiger partial charge in [0.25, 0.3) is 0 Å².